The van der Waals surface area contributed by atoms with Crippen LogP contribution in [0.2, 0.25) is 0 Å². The summed E-state index contributed by atoms with van der Waals surface area (Å²) < 4.78 is 10.9. The van der Waals surface area contributed by atoms with E-state index < -0.39 is 18.0 Å². The Labute approximate surface area is 163 Å². The lowest BCUT2D eigenvalue weighted by atomic mass is 10.1. The number of ether oxygens (including phenoxy) is 1. The fourth-order valence-electron chi connectivity index (χ4n) is 2.80. The number of para-hydroxylation sites is 1. The highest BCUT2D eigenvalue weighted by molar-refractivity contribution is 5.98. The summed E-state index contributed by atoms with van der Waals surface area (Å²) in [5.41, 5.74) is 3.41. The molecule has 1 atom stereocenters. The molecule has 0 unspecified atom stereocenters. The van der Waals surface area contributed by atoms with E-state index in [2.05, 4.69) is 10.3 Å². The summed E-state index contributed by atoms with van der Waals surface area (Å²) in [6.07, 6.45) is -0.984. The monoisotopic (exact) mass is 378 g/mol. The van der Waals surface area contributed by atoms with Crippen molar-refractivity contribution in [3.05, 3.63) is 71.1 Å². The summed E-state index contributed by atoms with van der Waals surface area (Å²) in [5, 5.41) is 2.82. The smallest absolute Gasteiger partial charge is 0.361 e. The van der Waals surface area contributed by atoms with Crippen molar-refractivity contribution < 1.29 is 18.7 Å². The first kappa shape index (κ1) is 19.4. The highest BCUT2D eigenvalue weighted by Gasteiger charge is 2.24. The fraction of sp³-hybridized carbons (Fsp3) is 0.227. The SMILES string of the molecule is Cc1cccc(C)c1NC(=O)[C@@H](C)OC(=O)c1nc(-c2ccccc2)oc1C. The number of aryl methyl sites for hydroxylation is 3. The van der Waals surface area contributed by atoms with Gasteiger partial charge in [0.1, 0.15) is 5.76 Å². The number of aromatic nitrogens is 1. The predicted molar refractivity (Wildman–Crippen MR) is 106 cm³/mol. The van der Waals surface area contributed by atoms with E-state index in [1.165, 1.54) is 6.92 Å². The molecule has 0 spiro atoms. The molecule has 0 radical (unpaired) electrons. The first-order valence-corrected chi connectivity index (χ1v) is 8.97. The Hall–Kier alpha value is -3.41. The van der Waals surface area contributed by atoms with Gasteiger partial charge < -0.3 is 14.5 Å². The average Bonchev–Trinajstić information content (AvgIpc) is 3.07. The van der Waals surface area contributed by atoms with Crippen molar-refractivity contribution in [2.75, 3.05) is 5.32 Å². The zero-order valence-corrected chi connectivity index (χ0v) is 16.3. The molecule has 3 rings (SSSR count). The molecule has 6 heteroatoms. The second-order valence-corrected chi connectivity index (χ2v) is 6.59. The van der Waals surface area contributed by atoms with E-state index in [-0.39, 0.29) is 5.69 Å². The number of nitrogens with zero attached hydrogens (tertiary/aromatic N) is 1. The van der Waals surface area contributed by atoms with E-state index in [0.717, 1.165) is 22.4 Å². The zero-order chi connectivity index (χ0) is 20.3. The summed E-state index contributed by atoms with van der Waals surface area (Å²) in [6.45, 7) is 6.97. The maximum atomic E-state index is 12.5. The van der Waals surface area contributed by atoms with Crippen LogP contribution in [0.4, 0.5) is 5.69 Å². The van der Waals surface area contributed by atoms with Crippen LogP contribution < -0.4 is 5.32 Å². The van der Waals surface area contributed by atoms with Crippen molar-refractivity contribution in [3.8, 4) is 11.5 Å². The van der Waals surface area contributed by atoms with E-state index in [4.69, 9.17) is 9.15 Å². The number of carbonyl (C=O) groups is 2. The molecular formula is C22H22N2O4. The number of hydrogen-bond donors (Lipinski definition) is 1. The van der Waals surface area contributed by atoms with Crippen LogP contribution in [-0.2, 0) is 9.53 Å². The maximum absolute atomic E-state index is 12.5. The predicted octanol–water partition coefficient (Wildman–Crippen LogP) is 4.45. The number of amides is 1. The summed E-state index contributed by atoms with van der Waals surface area (Å²) >= 11 is 0. The molecule has 0 aliphatic carbocycles. The van der Waals surface area contributed by atoms with Crippen LogP contribution in [0.5, 0.6) is 0 Å². The van der Waals surface area contributed by atoms with Gasteiger partial charge in [-0.15, -0.1) is 0 Å². The fourth-order valence-corrected chi connectivity index (χ4v) is 2.80. The third kappa shape index (κ3) is 4.11. The Balaban J connectivity index is 1.71. The third-order valence-electron chi connectivity index (χ3n) is 4.39. The van der Waals surface area contributed by atoms with Crippen molar-refractivity contribution in [2.24, 2.45) is 0 Å². The van der Waals surface area contributed by atoms with Gasteiger partial charge >= 0.3 is 5.97 Å². The van der Waals surface area contributed by atoms with E-state index in [9.17, 15) is 9.59 Å². The van der Waals surface area contributed by atoms with E-state index >= 15 is 0 Å². The number of benzene rings is 2. The normalized spacial score (nSPS) is 11.7. The second kappa shape index (κ2) is 8.08. The number of hydrogen-bond acceptors (Lipinski definition) is 5. The summed E-state index contributed by atoms with van der Waals surface area (Å²) in [4.78, 5) is 29.2. The maximum Gasteiger partial charge on any atom is 0.361 e. The largest absolute Gasteiger partial charge is 0.448 e. The molecule has 3 aromatic rings. The molecule has 0 saturated carbocycles. The van der Waals surface area contributed by atoms with Crippen molar-refractivity contribution >= 4 is 17.6 Å². The summed E-state index contributed by atoms with van der Waals surface area (Å²) in [5.74, 6) is -0.438. The quantitative estimate of drug-likeness (QED) is 0.663. The Morgan fingerprint density at radius 2 is 1.64 bits per heavy atom. The van der Waals surface area contributed by atoms with Crippen LogP contribution in [0.15, 0.2) is 52.9 Å². The Morgan fingerprint density at radius 3 is 2.29 bits per heavy atom. The highest BCUT2D eigenvalue weighted by atomic mass is 16.5. The second-order valence-electron chi connectivity index (χ2n) is 6.59. The third-order valence-corrected chi connectivity index (χ3v) is 4.39. The van der Waals surface area contributed by atoms with Gasteiger partial charge in [0, 0.05) is 11.3 Å². The first-order valence-electron chi connectivity index (χ1n) is 8.97. The number of esters is 1. The molecule has 1 amide bonds. The molecule has 2 aromatic carbocycles. The van der Waals surface area contributed by atoms with Crippen LogP contribution in [0, 0.1) is 20.8 Å². The van der Waals surface area contributed by atoms with Crippen molar-refractivity contribution in [1.29, 1.82) is 0 Å². The molecule has 0 saturated heterocycles. The lowest BCUT2D eigenvalue weighted by Gasteiger charge is -2.15. The molecule has 1 aromatic heterocycles. The Bertz CT molecular complexity index is 988. The first-order chi connectivity index (χ1) is 13.4. The van der Waals surface area contributed by atoms with Crippen LogP contribution in [-0.4, -0.2) is 23.0 Å². The van der Waals surface area contributed by atoms with Gasteiger partial charge in [0.15, 0.2) is 11.8 Å². The molecule has 1 N–H and O–H groups in total. The number of rotatable bonds is 5. The van der Waals surface area contributed by atoms with Gasteiger partial charge in [0.25, 0.3) is 5.91 Å². The standard InChI is InChI=1S/C22H22N2O4/c1-13-9-8-10-14(2)18(13)23-20(25)16(4)28-22(26)19-15(3)27-21(24-19)17-11-6-5-7-12-17/h5-12,16H,1-4H3,(H,23,25)/t16-/m1/s1. The van der Waals surface area contributed by atoms with E-state index in [1.54, 1.807) is 6.92 Å². The molecule has 6 nitrogen and oxygen atoms in total. The van der Waals surface area contributed by atoms with Crippen molar-refractivity contribution in [2.45, 2.75) is 33.8 Å². The van der Waals surface area contributed by atoms with Gasteiger partial charge in [-0.1, -0.05) is 36.4 Å². The molecular weight excluding hydrogens is 356 g/mol. The van der Waals surface area contributed by atoms with Crippen LogP contribution in [0.3, 0.4) is 0 Å². The molecule has 0 aliphatic heterocycles. The molecule has 1 heterocycles. The van der Waals surface area contributed by atoms with E-state index in [0.29, 0.717) is 11.7 Å². The van der Waals surface area contributed by atoms with Gasteiger partial charge in [-0.05, 0) is 51.0 Å². The lowest BCUT2D eigenvalue weighted by molar-refractivity contribution is -0.123. The topological polar surface area (TPSA) is 81.4 Å². The minimum Gasteiger partial charge on any atom is -0.448 e. The lowest BCUT2D eigenvalue weighted by Crippen LogP contribution is -2.30. The number of oxazole rings is 1. The van der Waals surface area contributed by atoms with Gasteiger partial charge in [0.05, 0.1) is 0 Å². The van der Waals surface area contributed by atoms with Crippen molar-refractivity contribution in [3.63, 3.8) is 0 Å². The minimum absolute atomic E-state index is 0.0607. The van der Waals surface area contributed by atoms with Crippen LogP contribution in [0.1, 0.15) is 34.3 Å². The molecule has 0 fully saturated rings. The van der Waals surface area contributed by atoms with Crippen LogP contribution in [0.25, 0.3) is 11.5 Å². The zero-order valence-electron chi connectivity index (χ0n) is 16.3. The van der Waals surface area contributed by atoms with Gasteiger partial charge in [-0.2, -0.15) is 0 Å². The van der Waals surface area contributed by atoms with Gasteiger partial charge in [-0.25, -0.2) is 9.78 Å². The Kier molecular flexibility index (Phi) is 5.59. The molecule has 28 heavy (non-hydrogen) atoms. The number of nitrogens with one attached hydrogen (secondary N) is 1. The minimum atomic E-state index is -0.984. The summed E-state index contributed by atoms with van der Waals surface area (Å²) in [7, 11) is 0. The van der Waals surface area contributed by atoms with Gasteiger partial charge in [-0.3, -0.25) is 4.79 Å². The highest BCUT2D eigenvalue weighted by Crippen LogP contribution is 2.23. The number of anilines is 1. The Morgan fingerprint density at radius 1 is 1.00 bits per heavy atom. The molecule has 0 bridgehead atoms. The van der Waals surface area contributed by atoms with E-state index in [1.807, 2.05) is 62.4 Å². The number of carbonyl (C=O) groups excluding carboxylic acids is 2. The van der Waals surface area contributed by atoms with Crippen LogP contribution >= 0.6 is 0 Å². The average molecular weight is 378 g/mol. The summed E-state index contributed by atoms with van der Waals surface area (Å²) in [6, 6.07) is 15.0. The van der Waals surface area contributed by atoms with Gasteiger partial charge in [0.2, 0.25) is 5.89 Å². The molecule has 0 aliphatic rings. The van der Waals surface area contributed by atoms with Crippen molar-refractivity contribution in [1.82, 2.24) is 4.98 Å². The molecule has 144 valence electrons.